The molecule has 30 heavy (non-hydrogen) atoms. The Morgan fingerprint density at radius 1 is 1.00 bits per heavy atom. The van der Waals surface area contributed by atoms with E-state index >= 15 is 0 Å². The first-order chi connectivity index (χ1) is 14.5. The number of aromatic hydroxyl groups is 1. The quantitative estimate of drug-likeness (QED) is 0.159. The normalized spacial score (nSPS) is 18.5. The second kappa shape index (κ2) is 10.8. The molecule has 1 aromatic carbocycles. The predicted molar refractivity (Wildman–Crippen MR) is 139 cm³/mol. The van der Waals surface area contributed by atoms with Crippen molar-refractivity contribution >= 4 is 53.1 Å². The summed E-state index contributed by atoms with van der Waals surface area (Å²) < 4.78 is 6.95. The van der Waals surface area contributed by atoms with Crippen molar-refractivity contribution in [1.82, 2.24) is 9.55 Å². The Morgan fingerprint density at radius 2 is 1.57 bits per heavy atom. The molecule has 164 valence electrons. The number of rotatable bonds is 11. The topological polar surface area (TPSA) is 50.4 Å². The van der Waals surface area contributed by atoms with Crippen LogP contribution in [0.15, 0.2) is 35.5 Å². The van der Waals surface area contributed by atoms with Gasteiger partial charge in [-0.1, -0.05) is 0 Å². The Balaban J connectivity index is 1.93. The Morgan fingerprint density at radius 3 is 2.10 bits per heavy atom. The summed E-state index contributed by atoms with van der Waals surface area (Å²) in [7, 11) is 0. The molecular formula is C24H36IN3OSn. The van der Waals surface area contributed by atoms with Gasteiger partial charge in [0.05, 0.1) is 0 Å². The van der Waals surface area contributed by atoms with Crippen LogP contribution < -0.4 is 0 Å². The first-order valence-electron chi connectivity index (χ1n) is 11.6. The fraction of sp³-hybridized carbons (Fsp3) is 0.583. The first kappa shape index (κ1) is 24.1. The molecule has 0 saturated carbocycles. The second-order valence-corrected chi connectivity index (χ2v) is 27.8. The number of hydrogen-bond donors (Lipinski definition) is 1. The molecule has 4 nitrogen and oxygen atoms in total. The molecule has 0 bridgehead atoms. The number of halogens is 1. The number of unbranched alkanes of at least 4 members (excludes halogenated alkanes) is 3. The molecule has 0 saturated heterocycles. The van der Waals surface area contributed by atoms with Crippen LogP contribution in [0.3, 0.4) is 0 Å². The summed E-state index contributed by atoms with van der Waals surface area (Å²) in [5.74, 6) is 1.11. The van der Waals surface area contributed by atoms with Crippen LogP contribution in [-0.2, 0) is 6.54 Å². The van der Waals surface area contributed by atoms with E-state index < -0.39 is 18.4 Å². The molecule has 0 fully saturated rings. The molecule has 1 unspecified atom stereocenters. The third-order valence-corrected chi connectivity index (χ3v) is 32.0. The van der Waals surface area contributed by atoms with E-state index in [1.54, 1.807) is 12.1 Å². The van der Waals surface area contributed by atoms with Crippen molar-refractivity contribution in [2.75, 3.05) is 0 Å². The zero-order valence-electron chi connectivity index (χ0n) is 18.7. The van der Waals surface area contributed by atoms with Gasteiger partial charge in [0, 0.05) is 0 Å². The van der Waals surface area contributed by atoms with Crippen LogP contribution in [-0.4, -0.2) is 40.7 Å². The van der Waals surface area contributed by atoms with Gasteiger partial charge in [0.15, 0.2) is 0 Å². The number of nitrogens with zero attached hydrogens (tertiary/aromatic N) is 3. The van der Waals surface area contributed by atoms with Crippen molar-refractivity contribution in [3.63, 3.8) is 0 Å². The molecule has 1 N–H and O–H groups in total. The predicted octanol–water partition coefficient (Wildman–Crippen LogP) is 7.53. The fourth-order valence-electron chi connectivity index (χ4n) is 4.69. The van der Waals surface area contributed by atoms with Crippen molar-refractivity contribution in [3.8, 4) is 17.0 Å². The summed E-state index contributed by atoms with van der Waals surface area (Å²) >= 11 is 0.292. The number of benzene rings is 1. The van der Waals surface area contributed by atoms with E-state index in [0.29, 0.717) is 0 Å². The number of hydrogen-bond acceptors (Lipinski definition) is 3. The average Bonchev–Trinajstić information content (AvgIpc) is 3.16. The van der Waals surface area contributed by atoms with Crippen molar-refractivity contribution in [2.24, 2.45) is 4.99 Å². The summed E-state index contributed by atoms with van der Waals surface area (Å²) in [5.41, 5.74) is 1.97. The third kappa shape index (κ3) is 5.25. The van der Waals surface area contributed by atoms with Gasteiger partial charge in [-0.25, -0.2) is 0 Å². The van der Waals surface area contributed by atoms with E-state index in [1.165, 1.54) is 51.8 Å². The van der Waals surface area contributed by atoms with Crippen LogP contribution in [0.2, 0.25) is 13.3 Å². The molecule has 0 amide bonds. The molecular weight excluding hydrogens is 592 g/mol. The van der Waals surface area contributed by atoms with Gasteiger partial charge in [-0.2, -0.15) is 0 Å². The van der Waals surface area contributed by atoms with Crippen molar-refractivity contribution in [1.29, 1.82) is 0 Å². The minimum absolute atomic E-state index is 0.214. The molecule has 1 atom stereocenters. The number of imidazole rings is 1. The molecule has 2 heterocycles. The van der Waals surface area contributed by atoms with E-state index in [4.69, 9.17) is 9.98 Å². The van der Waals surface area contributed by atoms with Crippen molar-refractivity contribution in [2.45, 2.75) is 80.6 Å². The molecule has 2 aromatic rings. The number of aliphatic imine (C=N–C) groups is 1. The van der Waals surface area contributed by atoms with E-state index in [0.717, 1.165) is 23.8 Å². The molecule has 6 heteroatoms. The van der Waals surface area contributed by atoms with Crippen LogP contribution in [0.4, 0.5) is 5.95 Å². The summed E-state index contributed by atoms with van der Waals surface area (Å²) in [6, 6.07) is 7.30. The van der Waals surface area contributed by atoms with Gasteiger partial charge in [0.1, 0.15) is 0 Å². The summed E-state index contributed by atoms with van der Waals surface area (Å²) in [6.07, 6.45) is 12.5. The molecule has 0 radical (unpaired) electrons. The summed E-state index contributed by atoms with van der Waals surface area (Å²) in [5, 5.41) is 9.59. The Hall–Kier alpha value is -0.571. The Labute approximate surface area is 199 Å². The molecule has 0 spiro atoms. The minimum atomic E-state index is -2.52. The van der Waals surface area contributed by atoms with Gasteiger partial charge in [0.25, 0.3) is 0 Å². The van der Waals surface area contributed by atoms with Crippen LogP contribution in [0.1, 0.15) is 59.3 Å². The van der Waals surface area contributed by atoms with E-state index in [1.807, 2.05) is 12.1 Å². The van der Waals surface area contributed by atoms with Gasteiger partial charge in [-0.15, -0.1) is 0 Å². The first-order valence-corrected chi connectivity index (χ1v) is 20.1. The molecule has 3 rings (SSSR count). The van der Waals surface area contributed by atoms with E-state index in [2.05, 4.69) is 60.3 Å². The number of fused-ring (bicyclic) bond motifs is 1. The SMILES string of the molecule is CCC[CH2][Sn]([CH2]CCC)([CH2]CCC)[C]1(I)C=Nc2nc(-c3ccc(O)cc3)cn2C1. The standard InChI is InChI=1S/C12H9IN3O.3C4H9.Sn/c13-9-5-14-12-15-11(7-16(12)6-9)8-1-3-10(17)4-2-8;3*1-3-4-2;/h1-5,7,17H,6H2;3*1,3-4H2,2H3;. The van der Waals surface area contributed by atoms with Crippen molar-refractivity contribution < 1.29 is 5.11 Å². The van der Waals surface area contributed by atoms with Crippen LogP contribution in [0, 0.1) is 0 Å². The van der Waals surface area contributed by atoms with E-state index in [9.17, 15) is 5.11 Å². The number of alkyl halides is 1. The third-order valence-electron chi connectivity index (χ3n) is 6.61. The molecule has 1 aliphatic heterocycles. The molecule has 1 aromatic heterocycles. The van der Waals surface area contributed by atoms with Gasteiger partial charge in [-0.05, 0) is 0 Å². The van der Waals surface area contributed by atoms with Gasteiger partial charge in [0.2, 0.25) is 0 Å². The van der Waals surface area contributed by atoms with Gasteiger partial charge in [-0.3, -0.25) is 0 Å². The average molecular weight is 628 g/mol. The maximum atomic E-state index is 9.59. The summed E-state index contributed by atoms with van der Waals surface area (Å²) in [6.45, 7) is 8.03. The van der Waals surface area contributed by atoms with Crippen molar-refractivity contribution in [3.05, 3.63) is 30.5 Å². The number of phenols is 1. The summed E-state index contributed by atoms with van der Waals surface area (Å²) in [4.78, 5) is 9.71. The maximum absolute atomic E-state index is 9.59. The zero-order chi connectivity index (χ0) is 21.6. The Bertz CT molecular complexity index is 827. The Kier molecular flexibility index (Phi) is 8.70. The second-order valence-electron chi connectivity index (χ2n) is 8.81. The fourth-order valence-corrected chi connectivity index (χ4v) is 27.6. The van der Waals surface area contributed by atoms with Crippen LogP contribution in [0.25, 0.3) is 11.3 Å². The van der Waals surface area contributed by atoms with Crippen LogP contribution >= 0.6 is 22.6 Å². The molecule has 1 aliphatic rings. The monoisotopic (exact) mass is 629 g/mol. The molecule has 0 aliphatic carbocycles. The number of aromatic nitrogens is 2. The van der Waals surface area contributed by atoms with Gasteiger partial charge < -0.3 is 0 Å². The number of phenolic OH excluding ortho intramolecular Hbond substituents is 1. The van der Waals surface area contributed by atoms with Crippen LogP contribution in [0.5, 0.6) is 5.75 Å². The van der Waals surface area contributed by atoms with E-state index in [-0.39, 0.29) is 7.19 Å². The zero-order valence-corrected chi connectivity index (χ0v) is 23.7. The van der Waals surface area contributed by atoms with Gasteiger partial charge >= 0.3 is 201 Å².